The number of aliphatic carboxylic acids is 1. The number of aliphatic hydroxyl groups excluding tert-OH is 1. The van der Waals surface area contributed by atoms with Crippen LogP contribution in [0.4, 0.5) is 0 Å². The molecule has 27 nitrogen and oxygen atoms in total. The molecule has 4 aliphatic heterocycles. The Morgan fingerprint density at radius 1 is 0.588 bits per heavy atom. The molecule has 4 aromatic carbocycles. The first-order valence-corrected chi connectivity index (χ1v) is 19.2. The first-order valence-electron chi connectivity index (χ1n) is 19.2. The first-order chi connectivity index (χ1) is 32.0. The number of carboxylic acids is 1. The molecule has 4 bridgehead atoms. The van der Waals surface area contributed by atoms with E-state index in [4.69, 9.17) is 33.2 Å². The maximum Gasteiger partial charge on any atom is 0.340 e. The summed E-state index contributed by atoms with van der Waals surface area (Å²) < 4.78 is 38.8. The van der Waals surface area contributed by atoms with Crippen molar-refractivity contribution in [3.8, 4) is 80.1 Å². The van der Waals surface area contributed by atoms with E-state index in [-0.39, 0.29) is 0 Å². The monoisotopic (exact) mass is 954 g/mol. The second-order valence-electron chi connectivity index (χ2n) is 15.2. The van der Waals surface area contributed by atoms with Gasteiger partial charge in [-0.1, -0.05) is 0 Å². The molecule has 1 saturated heterocycles. The predicted molar refractivity (Wildman–Crippen MR) is 206 cm³/mol. The summed E-state index contributed by atoms with van der Waals surface area (Å²) in [5.74, 6) is -31.7. The minimum Gasteiger partial charge on any atom is -0.504 e. The molecule has 4 aliphatic rings. The van der Waals surface area contributed by atoms with E-state index in [1.54, 1.807) is 0 Å². The Bertz CT molecular complexity index is 2900. The van der Waals surface area contributed by atoms with Crippen LogP contribution in [-0.4, -0.2) is 152 Å². The van der Waals surface area contributed by atoms with Gasteiger partial charge in [0.05, 0.1) is 34.6 Å². The van der Waals surface area contributed by atoms with Crippen LogP contribution >= 0.6 is 0 Å². The Kier molecular flexibility index (Phi) is 11.0. The van der Waals surface area contributed by atoms with Crippen LogP contribution < -0.4 is 4.74 Å². The Labute approximate surface area is 374 Å². The average molecular weight is 955 g/mol. The average Bonchev–Trinajstić information content (AvgIpc) is 3.28. The number of carbonyl (C=O) groups is 7. The number of cyclic esters (lactones) is 1. The zero-order valence-corrected chi connectivity index (χ0v) is 33.4. The van der Waals surface area contributed by atoms with E-state index in [1.165, 1.54) is 0 Å². The molecule has 356 valence electrons. The zero-order chi connectivity index (χ0) is 49.5. The topological polar surface area (TPSA) is 447 Å². The first kappa shape index (κ1) is 45.5. The summed E-state index contributed by atoms with van der Waals surface area (Å²) in [5, 5.41) is 137. The molecule has 0 radical (unpaired) electrons. The summed E-state index contributed by atoms with van der Waals surface area (Å²) in [7, 11) is 0. The van der Waals surface area contributed by atoms with Crippen LogP contribution in [0.1, 0.15) is 59.3 Å². The molecule has 0 aliphatic carbocycles. The van der Waals surface area contributed by atoms with Crippen molar-refractivity contribution < 1.29 is 133 Å². The summed E-state index contributed by atoms with van der Waals surface area (Å²) >= 11 is 0. The number of phenols is 11. The minimum absolute atomic E-state index is 0.363. The van der Waals surface area contributed by atoms with Gasteiger partial charge in [0.15, 0.2) is 70.1 Å². The highest BCUT2D eigenvalue weighted by Gasteiger charge is 2.58. The lowest BCUT2D eigenvalue weighted by Gasteiger charge is -2.44. The number of hydrogen-bond donors (Lipinski definition) is 13. The summed E-state index contributed by atoms with van der Waals surface area (Å²) in [6, 6.07) is 2.37. The number of aliphatic hydroxyl groups is 1. The summed E-state index contributed by atoms with van der Waals surface area (Å²) in [6.07, 6.45) is -16.4. The molecule has 0 aromatic heterocycles. The molecule has 13 N–H and O–H groups in total. The quantitative estimate of drug-likeness (QED) is 0.0554. The van der Waals surface area contributed by atoms with Crippen LogP contribution in [0, 0.1) is 5.92 Å². The second kappa shape index (κ2) is 16.4. The van der Waals surface area contributed by atoms with E-state index in [0.717, 1.165) is 0 Å². The highest BCUT2D eigenvalue weighted by Crippen LogP contribution is 2.54. The van der Waals surface area contributed by atoms with Gasteiger partial charge in [-0.2, -0.15) is 0 Å². The van der Waals surface area contributed by atoms with Gasteiger partial charge in [-0.15, -0.1) is 0 Å². The Balaban J connectivity index is 1.37. The number of aromatic hydroxyl groups is 11. The van der Waals surface area contributed by atoms with Gasteiger partial charge in [-0.3, -0.25) is 9.59 Å². The van der Waals surface area contributed by atoms with Crippen molar-refractivity contribution in [3.05, 3.63) is 58.1 Å². The van der Waals surface area contributed by atoms with E-state index in [9.17, 15) is 99.9 Å². The van der Waals surface area contributed by atoms with Crippen molar-refractivity contribution in [2.75, 3.05) is 6.61 Å². The van der Waals surface area contributed by atoms with Crippen LogP contribution in [0.25, 0.3) is 11.1 Å². The summed E-state index contributed by atoms with van der Waals surface area (Å²) in [6.45, 7) is -1.30. The molecule has 0 amide bonds. The largest absolute Gasteiger partial charge is 0.504 e. The number of esters is 6. The van der Waals surface area contributed by atoms with Crippen molar-refractivity contribution >= 4 is 41.8 Å². The smallest absolute Gasteiger partial charge is 0.340 e. The molecule has 0 saturated carbocycles. The van der Waals surface area contributed by atoms with Gasteiger partial charge in [0, 0.05) is 22.6 Å². The summed E-state index contributed by atoms with van der Waals surface area (Å²) in [5.41, 5.74) is -7.06. The van der Waals surface area contributed by atoms with Crippen LogP contribution in [0.3, 0.4) is 0 Å². The third kappa shape index (κ3) is 7.31. The highest BCUT2D eigenvalue weighted by atomic mass is 16.7. The lowest BCUT2D eigenvalue weighted by atomic mass is 9.76. The molecular weight excluding hydrogens is 924 g/mol. The van der Waals surface area contributed by atoms with Gasteiger partial charge in [-0.05, 0) is 30.3 Å². The molecule has 4 heterocycles. The number of fused-ring (bicyclic) bond motifs is 3. The fourth-order valence-corrected chi connectivity index (χ4v) is 8.03. The summed E-state index contributed by atoms with van der Waals surface area (Å²) in [4.78, 5) is 96.4. The third-order valence-electron chi connectivity index (χ3n) is 11.2. The van der Waals surface area contributed by atoms with Crippen molar-refractivity contribution in [2.45, 2.75) is 49.1 Å². The normalized spacial score (nSPS) is 24.3. The minimum atomic E-state index is -2.80. The third-order valence-corrected chi connectivity index (χ3v) is 11.2. The number of rotatable bonds is 4. The van der Waals surface area contributed by atoms with Gasteiger partial charge >= 0.3 is 41.8 Å². The fourth-order valence-electron chi connectivity index (χ4n) is 8.03. The maximum atomic E-state index is 14.6. The molecule has 68 heavy (non-hydrogen) atoms. The van der Waals surface area contributed by atoms with E-state index in [2.05, 4.69) is 0 Å². The van der Waals surface area contributed by atoms with Crippen LogP contribution in [0.2, 0.25) is 0 Å². The van der Waals surface area contributed by atoms with Gasteiger partial charge < -0.3 is 99.5 Å². The van der Waals surface area contributed by atoms with Gasteiger partial charge in [0.2, 0.25) is 29.6 Å². The van der Waals surface area contributed by atoms with Crippen LogP contribution in [0.15, 0.2) is 30.3 Å². The number of benzene rings is 4. The van der Waals surface area contributed by atoms with E-state index < -0.39 is 211 Å². The van der Waals surface area contributed by atoms with E-state index in [1.807, 2.05) is 0 Å². The molecule has 5 unspecified atom stereocenters. The van der Waals surface area contributed by atoms with Crippen LogP contribution in [-0.2, 0) is 42.8 Å². The van der Waals surface area contributed by atoms with Gasteiger partial charge in [0.25, 0.3) is 0 Å². The van der Waals surface area contributed by atoms with Crippen molar-refractivity contribution in [3.63, 3.8) is 0 Å². The van der Waals surface area contributed by atoms with E-state index >= 15 is 0 Å². The second-order valence-corrected chi connectivity index (χ2v) is 15.2. The molecule has 4 aromatic rings. The molecule has 27 heteroatoms. The highest BCUT2D eigenvalue weighted by molar-refractivity contribution is 6.08. The van der Waals surface area contributed by atoms with Crippen molar-refractivity contribution in [1.82, 2.24) is 0 Å². The maximum absolute atomic E-state index is 14.6. The molecular formula is C41H30O27. The Morgan fingerprint density at radius 2 is 1.10 bits per heavy atom. The lowest BCUT2D eigenvalue weighted by Crippen LogP contribution is -2.63. The number of ether oxygens (including phenoxy) is 7. The molecule has 0 spiro atoms. The standard InChI is InChI=1S/C41H30O27/c42-13-1-8(2-14(43)24(13)49)35(56)68-41-34-33-31(64-40(61)30(55)22-12(6-19(47)48)39(60)65-32-23(22)11(38(59)67-34)5-17(46)27(32)52)18(63-41)7-62-36(57)9-3-15(44)25(50)28(53)20(9)21-10(37(58)66-33)4-16(45)26(51)29(21)54/h1-5,12,18,22,30-31,33-34,41-46,49-55H,6-7H2,(H,47,48)/t12-,18?,22-,30-,31?,33?,34?,41?/m0/s1. The number of phenolic OH excluding ortho intramolecular Hbond substituents is 11. The van der Waals surface area contributed by atoms with Crippen molar-refractivity contribution in [1.29, 1.82) is 0 Å². The molecule has 8 rings (SSSR count). The predicted octanol–water partition coefficient (Wildman–Crippen LogP) is -0.00170. The lowest BCUT2D eigenvalue weighted by molar-refractivity contribution is -0.288. The zero-order valence-electron chi connectivity index (χ0n) is 33.4. The Hall–Kier alpha value is -9.11. The SMILES string of the molecule is O=C(O)C[C@@H]1C(=O)Oc2c(O)c(O)cc3c2[C@H]1[C@H](O)C(=O)OC1C2COC(=O)c4cc(O)c(O)c(O)c4-c4c(cc(O)c(O)c4O)C(=O)OC1C(OC3=O)C(OC(=O)c1cc(O)c(O)c(O)c1)O2. The Morgan fingerprint density at radius 3 is 1.69 bits per heavy atom. The van der Waals surface area contributed by atoms with Crippen molar-refractivity contribution in [2.24, 2.45) is 5.92 Å². The molecule has 1 fully saturated rings. The fraction of sp³-hybridized carbons (Fsp3) is 0.244. The van der Waals surface area contributed by atoms with E-state index in [0.29, 0.717) is 30.3 Å². The number of hydrogen-bond acceptors (Lipinski definition) is 26. The number of carbonyl (C=O) groups excluding carboxylic acids is 6. The number of carboxylic acid groups (broad SMARTS) is 1. The van der Waals surface area contributed by atoms with Gasteiger partial charge in [0.1, 0.15) is 12.7 Å². The van der Waals surface area contributed by atoms with Crippen LogP contribution in [0.5, 0.6) is 69.0 Å². The van der Waals surface area contributed by atoms with Gasteiger partial charge in [-0.25, -0.2) is 24.0 Å². The molecule has 8 atom stereocenters.